The fraction of sp³-hybridized carbons (Fsp3) is 0.552. The van der Waals surface area contributed by atoms with E-state index in [0.717, 1.165) is 55.0 Å². The van der Waals surface area contributed by atoms with Crippen molar-refractivity contribution in [2.75, 3.05) is 50.5 Å². The number of hydrogen-bond acceptors (Lipinski definition) is 10. The van der Waals surface area contributed by atoms with Crippen molar-refractivity contribution < 1.29 is 13.9 Å². The van der Waals surface area contributed by atoms with Gasteiger partial charge in [-0.1, -0.05) is 12.6 Å². The fourth-order valence-corrected chi connectivity index (χ4v) is 6.70. The van der Waals surface area contributed by atoms with Crippen molar-refractivity contribution in [2.45, 2.75) is 63.3 Å². The SMILES string of the molecule is C=C(F)C(=O)N1CCN(c2nc(OC[C@@H]3CCCN3C)nc3c2CN(C2CCc4ccc(N)nc42)C3)C[C@@H]1CC#N. The highest BCUT2D eigenvalue weighted by Gasteiger charge is 2.39. The van der Waals surface area contributed by atoms with Gasteiger partial charge in [-0.2, -0.15) is 15.2 Å². The minimum atomic E-state index is -1.02. The Morgan fingerprint density at radius 2 is 2.05 bits per heavy atom. The molecule has 2 N–H and O–H groups in total. The smallest absolute Gasteiger partial charge is 0.318 e. The van der Waals surface area contributed by atoms with Crippen molar-refractivity contribution in [1.29, 1.82) is 5.26 Å². The molecule has 4 aliphatic rings. The maximum atomic E-state index is 13.8. The first-order valence-electron chi connectivity index (χ1n) is 14.3. The number of fused-ring (bicyclic) bond motifs is 2. The van der Waals surface area contributed by atoms with Gasteiger partial charge in [0.25, 0.3) is 5.91 Å². The van der Waals surface area contributed by atoms with Gasteiger partial charge < -0.3 is 25.2 Å². The van der Waals surface area contributed by atoms with Crippen molar-refractivity contribution >= 4 is 17.5 Å². The topological polar surface area (TPSA) is 128 Å². The average Bonchev–Trinajstić information content (AvgIpc) is 3.68. The number of nitrogen functional groups attached to an aromatic ring is 1. The molecule has 2 aromatic rings. The predicted octanol–water partition coefficient (Wildman–Crippen LogP) is 2.34. The lowest BCUT2D eigenvalue weighted by Crippen LogP contribution is -2.55. The summed E-state index contributed by atoms with van der Waals surface area (Å²) < 4.78 is 20.0. The lowest BCUT2D eigenvalue weighted by molar-refractivity contribution is -0.131. The molecule has 41 heavy (non-hydrogen) atoms. The van der Waals surface area contributed by atoms with E-state index in [9.17, 15) is 14.4 Å². The molecule has 2 fully saturated rings. The second-order valence-electron chi connectivity index (χ2n) is 11.4. The van der Waals surface area contributed by atoms with E-state index in [0.29, 0.717) is 50.7 Å². The molecule has 1 unspecified atom stereocenters. The van der Waals surface area contributed by atoms with Crippen molar-refractivity contribution in [2.24, 2.45) is 0 Å². The Hall–Kier alpha value is -3.82. The highest BCUT2D eigenvalue weighted by Crippen LogP contribution is 2.41. The van der Waals surface area contributed by atoms with Gasteiger partial charge in [-0.15, -0.1) is 0 Å². The van der Waals surface area contributed by atoms with Gasteiger partial charge in [0.2, 0.25) is 0 Å². The summed E-state index contributed by atoms with van der Waals surface area (Å²) in [5, 5.41) is 9.47. The Labute approximate surface area is 239 Å². The van der Waals surface area contributed by atoms with E-state index in [1.807, 2.05) is 6.07 Å². The van der Waals surface area contributed by atoms with E-state index in [2.05, 4.69) is 45.4 Å². The Morgan fingerprint density at radius 3 is 2.80 bits per heavy atom. The molecular weight excluding hydrogens is 525 g/mol. The summed E-state index contributed by atoms with van der Waals surface area (Å²) in [6.07, 6.45) is 4.21. The third-order valence-electron chi connectivity index (χ3n) is 8.92. The quantitative estimate of drug-likeness (QED) is 0.503. The minimum absolute atomic E-state index is 0.0816. The number of amides is 1. The van der Waals surface area contributed by atoms with E-state index in [1.54, 1.807) is 0 Å². The number of nitrogens with zero attached hydrogens (tertiary/aromatic N) is 8. The Balaban J connectivity index is 1.29. The van der Waals surface area contributed by atoms with Crippen LogP contribution in [0.2, 0.25) is 0 Å². The van der Waals surface area contributed by atoms with Crippen LogP contribution in [0.4, 0.5) is 16.0 Å². The number of likely N-dealkylation sites (tertiary alicyclic amines) is 1. The minimum Gasteiger partial charge on any atom is -0.462 e. The monoisotopic (exact) mass is 561 g/mol. The number of carbonyl (C=O) groups excluding carboxylic acids is 1. The van der Waals surface area contributed by atoms with Crippen LogP contribution in [0.3, 0.4) is 0 Å². The summed E-state index contributed by atoms with van der Waals surface area (Å²) in [4.78, 5) is 35.1. The van der Waals surface area contributed by atoms with Crippen LogP contribution in [0, 0.1) is 11.3 Å². The molecule has 6 rings (SSSR count). The van der Waals surface area contributed by atoms with Crippen LogP contribution in [-0.2, 0) is 24.3 Å². The van der Waals surface area contributed by atoms with Crippen LogP contribution in [0.15, 0.2) is 24.5 Å². The summed E-state index contributed by atoms with van der Waals surface area (Å²) in [7, 11) is 2.11. The van der Waals surface area contributed by atoms with Gasteiger partial charge in [0.15, 0.2) is 5.83 Å². The second-order valence-corrected chi connectivity index (χ2v) is 11.4. The number of ether oxygens (including phenoxy) is 1. The number of aryl methyl sites for hydroxylation is 1. The van der Waals surface area contributed by atoms with Gasteiger partial charge >= 0.3 is 6.01 Å². The van der Waals surface area contributed by atoms with Gasteiger partial charge in [-0.3, -0.25) is 9.69 Å². The largest absolute Gasteiger partial charge is 0.462 e. The number of hydrogen-bond donors (Lipinski definition) is 1. The van der Waals surface area contributed by atoms with Crippen molar-refractivity contribution in [3.05, 3.63) is 47.1 Å². The molecule has 216 valence electrons. The zero-order valence-electron chi connectivity index (χ0n) is 23.4. The van der Waals surface area contributed by atoms with Crippen LogP contribution in [0.1, 0.15) is 54.2 Å². The molecule has 12 heteroatoms. The molecule has 1 amide bonds. The van der Waals surface area contributed by atoms with E-state index < -0.39 is 17.8 Å². The number of pyridine rings is 1. The summed E-state index contributed by atoms with van der Waals surface area (Å²) in [6.45, 7) is 7.06. The zero-order chi connectivity index (χ0) is 28.7. The van der Waals surface area contributed by atoms with Crippen LogP contribution >= 0.6 is 0 Å². The summed E-state index contributed by atoms with van der Waals surface area (Å²) >= 11 is 0. The standard InChI is InChI=1S/C29H36FN9O2/c1-18(30)28(40)39-13-12-37(14-20(39)9-10-31)27-22-15-38(24-7-5-19-6-8-25(32)34-26(19)24)16-23(22)33-29(35-27)41-17-21-4-3-11-36(21)2/h6,8,20-21,24H,1,3-5,7,9,11-17H2,2H3,(H2,32,34)/t20-,21-,24?/m0/s1. The number of rotatable bonds is 7. The number of nitriles is 1. The summed E-state index contributed by atoms with van der Waals surface area (Å²) in [5.74, 6) is -0.508. The number of piperazine rings is 1. The number of anilines is 2. The Morgan fingerprint density at radius 1 is 1.20 bits per heavy atom. The third-order valence-corrected chi connectivity index (χ3v) is 8.92. The van der Waals surface area contributed by atoms with Crippen molar-refractivity contribution in [3.8, 4) is 12.1 Å². The maximum absolute atomic E-state index is 13.8. The van der Waals surface area contributed by atoms with Crippen LogP contribution < -0.4 is 15.4 Å². The van der Waals surface area contributed by atoms with Crippen molar-refractivity contribution in [3.63, 3.8) is 0 Å². The summed E-state index contributed by atoms with van der Waals surface area (Å²) in [6, 6.07) is 6.38. The number of nitrogens with two attached hydrogens (primary N) is 1. The molecular formula is C29H36FN9O2. The van der Waals surface area contributed by atoms with Gasteiger partial charge in [0.1, 0.15) is 18.2 Å². The second kappa shape index (κ2) is 11.2. The Kier molecular flexibility index (Phi) is 7.48. The van der Waals surface area contributed by atoms with Gasteiger partial charge in [0.05, 0.1) is 36.0 Å². The molecule has 0 spiro atoms. The highest BCUT2D eigenvalue weighted by molar-refractivity contribution is 5.91. The predicted molar refractivity (Wildman–Crippen MR) is 150 cm³/mol. The molecule has 2 saturated heterocycles. The van der Waals surface area contributed by atoms with E-state index in [4.69, 9.17) is 20.4 Å². The van der Waals surface area contributed by atoms with Gasteiger partial charge in [-0.25, -0.2) is 9.37 Å². The number of halogens is 1. The molecule has 5 heterocycles. The molecule has 1 aliphatic carbocycles. The van der Waals surface area contributed by atoms with Crippen LogP contribution in [0.5, 0.6) is 6.01 Å². The lowest BCUT2D eigenvalue weighted by Gasteiger charge is -2.41. The number of likely N-dealkylation sites (N-methyl/N-ethyl adjacent to an activating group) is 1. The molecule has 3 atom stereocenters. The summed E-state index contributed by atoms with van der Waals surface area (Å²) in [5.41, 5.74) is 10.2. The molecule has 2 aromatic heterocycles. The molecule has 3 aliphatic heterocycles. The van der Waals surface area contributed by atoms with Crippen LogP contribution in [-0.4, -0.2) is 87.5 Å². The molecule has 0 aromatic carbocycles. The first-order valence-corrected chi connectivity index (χ1v) is 14.3. The van der Waals surface area contributed by atoms with Gasteiger partial charge in [0, 0.05) is 44.3 Å². The maximum Gasteiger partial charge on any atom is 0.318 e. The number of carbonyl (C=O) groups is 1. The average molecular weight is 562 g/mol. The van der Waals surface area contributed by atoms with Crippen molar-refractivity contribution in [1.82, 2.24) is 29.7 Å². The van der Waals surface area contributed by atoms with E-state index in [1.165, 1.54) is 10.5 Å². The van der Waals surface area contributed by atoms with Crippen LogP contribution in [0.25, 0.3) is 0 Å². The molecule has 11 nitrogen and oxygen atoms in total. The lowest BCUT2D eigenvalue weighted by atomic mass is 10.1. The highest BCUT2D eigenvalue weighted by atomic mass is 19.1. The Bertz CT molecular complexity index is 1400. The first kappa shape index (κ1) is 27.4. The zero-order valence-corrected chi connectivity index (χ0v) is 23.4. The number of aromatic nitrogens is 3. The van der Waals surface area contributed by atoms with Gasteiger partial charge in [-0.05, 0) is 50.9 Å². The molecule has 0 bridgehead atoms. The fourth-order valence-electron chi connectivity index (χ4n) is 6.70. The molecule has 0 radical (unpaired) electrons. The first-order chi connectivity index (χ1) is 19.8. The van der Waals surface area contributed by atoms with E-state index in [-0.39, 0.29) is 19.0 Å². The third kappa shape index (κ3) is 5.31. The van der Waals surface area contributed by atoms with E-state index >= 15 is 0 Å². The normalized spacial score (nSPS) is 24.3. The molecule has 0 saturated carbocycles.